The quantitative estimate of drug-likeness (QED) is 0.770. The summed E-state index contributed by atoms with van der Waals surface area (Å²) < 4.78 is 0. The highest BCUT2D eigenvalue weighted by Crippen LogP contribution is 2.28. The lowest BCUT2D eigenvalue weighted by Crippen LogP contribution is -2.38. The van der Waals surface area contributed by atoms with Crippen molar-refractivity contribution in [2.24, 2.45) is 11.8 Å². The van der Waals surface area contributed by atoms with Crippen molar-refractivity contribution in [1.29, 1.82) is 0 Å². The number of hydrogen-bond donors (Lipinski definition) is 1. The summed E-state index contributed by atoms with van der Waals surface area (Å²) in [5, 5.41) is 3.83. The van der Waals surface area contributed by atoms with Gasteiger partial charge in [-0.1, -0.05) is 63.4 Å². The second-order valence-corrected chi connectivity index (χ2v) is 6.86. The minimum atomic E-state index is 0.627. The molecule has 1 N–H and O–H groups in total. The van der Waals surface area contributed by atoms with Gasteiger partial charge in [0.25, 0.3) is 0 Å². The molecule has 0 heterocycles. The molecule has 1 aliphatic rings. The van der Waals surface area contributed by atoms with Gasteiger partial charge in [-0.3, -0.25) is 0 Å². The van der Waals surface area contributed by atoms with E-state index in [2.05, 4.69) is 56.4 Å². The summed E-state index contributed by atoms with van der Waals surface area (Å²) in [7, 11) is 0. The van der Waals surface area contributed by atoms with Crippen molar-refractivity contribution in [2.45, 2.75) is 64.8 Å². The number of benzene rings is 1. The number of nitrogens with one attached hydrogen (secondary N) is 1. The summed E-state index contributed by atoms with van der Waals surface area (Å²) in [4.78, 5) is 0. The Labute approximate surface area is 125 Å². The molecular formula is C19H31N. The molecule has 1 aliphatic carbocycles. The van der Waals surface area contributed by atoms with E-state index in [0.29, 0.717) is 17.9 Å². The van der Waals surface area contributed by atoms with Crippen molar-refractivity contribution in [2.75, 3.05) is 6.54 Å². The third-order valence-corrected chi connectivity index (χ3v) is 5.05. The molecule has 1 aromatic rings. The molecule has 1 unspecified atom stereocenters. The molecule has 1 heteroatoms. The molecule has 0 saturated heterocycles. The highest BCUT2D eigenvalue weighted by Gasteiger charge is 2.22. The van der Waals surface area contributed by atoms with E-state index in [-0.39, 0.29) is 0 Å². The van der Waals surface area contributed by atoms with Gasteiger partial charge in [-0.05, 0) is 43.1 Å². The average Bonchev–Trinajstić information content (AvgIpc) is 2.49. The van der Waals surface area contributed by atoms with Gasteiger partial charge >= 0.3 is 0 Å². The second-order valence-electron chi connectivity index (χ2n) is 6.86. The van der Waals surface area contributed by atoms with Gasteiger partial charge in [-0.15, -0.1) is 0 Å². The molecule has 0 aromatic heterocycles. The largest absolute Gasteiger partial charge is 0.313 e. The smallest absolute Gasteiger partial charge is 0.00672 e. The maximum absolute atomic E-state index is 3.83. The summed E-state index contributed by atoms with van der Waals surface area (Å²) in [6.45, 7) is 8.17. The van der Waals surface area contributed by atoms with Crippen molar-refractivity contribution < 1.29 is 0 Å². The molecular weight excluding hydrogens is 242 g/mol. The van der Waals surface area contributed by atoms with Crippen LogP contribution in [0.15, 0.2) is 30.3 Å². The first-order valence-corrected chi connectivity index (χ1v) is 8.47. The van der Waals surface area contributed by atoms with E-state index in [1.54, 1.807) is 0 Å². The average molecular weight is 273 g/mol. The molecule has 112 valence electrons. The third kappa shape index (κ3) is 4.34. The van der Waals surface area contributed by atoms with Crippen LogP contribution in [0, 0.1) is 11.8 Å². The summed E-state index contributed by atoms with van der Waals surface area (Å²) in [5.74, 6) is 2.21. The highest BCUT2D eigenvalue weighted by molar-refractivity contribution is 5.20. The van der Waals surface area contributed by atoms with Crippen LogP contribution >= 0.6 is 0 Å². The molecule has 0 spiro atoms. The predicted molar refractivity (Wildman–Crippen MR) is 88.1 cm³/mol. The van der Waals surface area contributed by atoms with E-state index in [9.17, 15) is 0 Å². The van der Waals surface area contributed by atoms with Crippen LogP contribution in [-0.4, -0.2) is 12.6 Å². The van der Waals surface area contributed by atoms with Gasteiger partial charge < -0.3 is 5.32 Å². The Hall–Kier alpha value is -0.820. The Bertz CT molecular complexity index is 365. The molecule has 2 rings (SSSR count). The Morgan fingerprint density at radius 3 is 2.25 bits per heavy atom. The molecule has 1 fully saturated rings. The van der Waals surface area contributed by atoms with Gasteiger partial charge in [-0.2, -0.15) is 0 Å². The highest BCUT2D eigenvalue weighted by atomic mass is 14.9. The van der Waals surface area contributed by atoms with Crippen molar-refractivity contribution >= 4 is 0 Å². The molecule has 2 atom stereocenters. The van der Waals surface area contributed by atoms with E-state index in [4.69, 9.17) is 0 Å². The lowest BCUT2D eigenvalue weighted by molar-refractivity contribution is 0.273. The second kappa shape index (κ2) is 7.83. The van der Waals surface area contributed by atoms with Crippen LogP contribution in [0.5, 0.6) is 0 Å². The molecule has 0 aliphatic heterocycles. The Balaban J connectivity index is 1.89. The maximum atomic E-state index is 3.83. The van der Waals surface area contributed by atoms with Gasteiger partial charge in [0.15, 0.2) is 0 Å². The molecule has 0 bridgehead atoms. The molecule has 0 amide bonds. The van der Waals surface area contributed by atoms with Crippen LogP contribution in [0.25, 0.3) is 0 Å². The molecule has 1 aromatic carbocycles. The Morgan fingerprint density at radius 2 is 1.65 bits per heavy atom. The lowest BCUT2D eigenvalue weighted by atomic mass is 9.83. The van der Waals surface area contributed by atoms with Crippen LogP contribution in [0.1, 0.15) is 64.4 Å². The SMILES string of the molecule is CC(C)C(CN[C@@H](C)C1CCCCC1)c1ccccc1. The van der Waals surface area contributed by atoms with Crippen molar-refractivity contribution in [1.82, 2.24) is 5.32 Å². The minimum absolute atomic E-state index is 0.627. The van der Waals surface area contributed by atoms with E-state index < -0.39 is 0 Å². The standard InChI is InChI=1S/C19H31N/c1-15(2)19(18-12-8-5-9-13-18)14-20-16(3)17-10-6-4-7-11-17/h5,8-9,12-13,15-17,19-20H,4,6-7,10-11,14H2,1-3H3/t16-,19?/m0/s1. The predicted octanol–water partition coefficient (Wildman–Crippen LogP) is 4.98. The van der Waals surface area contributed by atoms with E-state index >= 15 is 0 Å². The molecule has 20 heavy (non-hydrogen) atoms. The Kier molecular flexibility index (Phi) is 6.09. The van der Waals surface area contributed by atoms with Crippen molar-refractivity contribution in [3.05, 3.63) is 35.9 Å². The monoisotopic (exact) mass is 273 g/mol. The first-order chi connectivity index (χ1) is 9.68. The molecule has 0 radical (unpaired) electrons. The zero-order chi connectivity index (χ0) is 14.4. The summed E-state index contributed by atoms with van der Waals surface area (Å²) in [6.07, 6.45) is 7.16. The number of hydrogen-bond acceptors (Lipinski definition) is 1. The number of rotatable bonds is 6. The van der Waals surface area contributed by atoms with Gasteiger partial charge in [0, 0.05) is 12.6 Å². The zero-order valence-corrected chi connectivity index (χ0v) is 13.4. The van der Waals surface area contributed by atoms with Crippen LogP contribution in [0.2, 0.25) is 0 Å². The first kappa shape index (κ1) is 15.6. The Morgan fingerprint density at radius 1 is 1.00 bits per heavy atom. The van der Waals surface area contributed by atoms with E-state index in [0.717, 1.165) is 12.5 Å². The normalized spacial score (nSPS) is 20.0. The molecule has 1 nitrogen and oxygen atoms in total. The van der Waals surface area contributed by atoms with Crippen LogP contribution < -0.4 is 5.32 Å². The van der Waals surface area contributed by atoms with Gasteiger partial charge in [0.2, 0.25) is 0 Å². The maximum Gasteiger partial charge on any atom is 0.00672 e. The fraction of sp³-hybridized carbons (Fsp3) is 0.684. The summed E-state index contributed by atoms with van der Waals surface area (Å²) in [5.41, 5.74) is 1.48. The van der Waals surface area contributed by atoms with E-state index in [1.807, 2.05) is 0 Å². The minimum Gasteiger partial charge on any atom is -0.313 e. The summed E-state index contributed by atoms with van der Waals surface area (Å²) in [6, 6.07) is 11.7. The van der Waals surface area contributed by atoms with Gasteiger partial charge in [0.1, 0.15) is 0 Å². The lowest BCUT2D eigenvalue weighted by Gasteiger charge is -2.31. The van der Waals surface area contributed by atoms with Gasteiger partial charge in [-0.25, -0.2) is 0 Å². The van der Waals surface area contributed by atoms with Crippen molar-refractivity contribution in [3.8, 4) is 0 Å². The van der Waals surface area contributed by atoms with Crippen LogP contribution in [0.4, 0.5) is 0 Å². The fourth-order valence-corrected chi connectivity index (χ4v) is 3.55. The fourth-order valence-electron chi connectivity index (χ4n) is 3.55. The molecule has 1 saturated carbocycles. The van der Waals surface area contributed by atoms with Gasteiger partial charge in [0.05, 0.1) is 0 Å². The first-order valence-electron chi connectivity index (χ1n) is 8.47. The van der Waals surface area contributed by atoms with Crippen LogP contribution in [-0.2, 0) is 0 Å². The van der Waals surface area contributed by atoms with E-state index in [1.165, 1.54) is 37.7 Å². The topological polar surface area (TPSA) is 12.0 Å². The zero-order valence-electron chi connectivity index (χ0n) is 13.4. The van der Waals surface area contributed by atoms with Crippen molar-refractivity contribution in [3.63, 3.8) is 0 Å². The third-order valence-electron chi connectivity index (χ3n) is 5.05. The summed E-state index contributed by atoms with van der Waals surface area (Å²) >= 11 is 0. The van der Waals surface area contributed by atoms with Crippen LogP contribution in [0.3, 0.4) is 0 Å².